The Morgan fingerprint density at radius 3 is 2.41 bits per heavy atom. The van der Waals surface area contributed by atoms with E-state index in [1.54, 1.807) is 0 Å². The highest BCUT2D eigenvalue weighted by atomic mass is 16.5. The predicted molar refractivity (Wildman–Crippen MR) is 73.3 cm³/mol. The first-order valence-corrected chi connectivity index (χ1v) is 6.57. The Morgan fingerprint density at radius 1 is 1.24 bits per heavy atom. The minimum Gasteiger partial charge on any atom is -0.493 e. The maximum absolute atomic E-state index is 5.97. The standard InChI is InChI=1S/C15H25NO/c1-5-13(6-2)10-17-15-8-7-11(3)9-14(15)12(4)16/h7-9,12-13H,5-6,10,16H2,1-4H3/t12-/m0/s1. The molecule has 2 N–H and O–H groups in total. The van der Waals surface area contributed by atoms with Crippen molar-refractivity contribution in [3.63, 3.8) is 0 Å². The fourth-order valence-electron chi connectivity index (χ4n) is 1.89. The fraction of sp³-hybridized carbons (Fsp3) is 0.600. The van der Waals surface area contributed by atoms with E-state index in [0.717, 1.165) is 30.8 Å². The molecule has 0 unspecified atom stereocenters. The van der Waals surface area contributed by atoms with E-state index in [9.17, 15) is 0 Å². The maximum Gasteiger partial charge on any atom is 0.124 e. The Morgan fingerprint density at radius 2 is 1.88 bits per heavy atom. The lowest BCUT2D eigenvalue weighted by Crippen LogP contribution is -2.13. The summed E-state index contributed by atoms with van der Waals surface area (Å²) in [5.74, 6) is 1.58. The molecule has 0 aliphatic heterocycles. The van der Waals surface area contributed by atoms with Crippen molar-refractivity contribution in [2.45, 2.75) is 46.6 Å². The molecule has 0 spiro atoms. The molecule has 0 amide bonds. The molecule has 2 heteroatoms. The first kappa shape index (κ1) is 14.0. The monoisotopic (exact) mass is 235 g/mol. The third-order valence-corrected chi connectivity index (χ3v) is 3.29. The van der Waals surface area contributed by atoms with Crippen LogP contribution in [0.25, 0.3) is 0 Å². The SMILES string of the molecule is CCC(CC)COc1ccc(C)cc1[C@H](C)N. The lowest BCUT2D eigenvalue weighted by atomic mass is 10.0. The summed E-state index contributed by atoms with van der Waals surface area (Å²) in [4.78, 5) is 0. The van der Waals surface area contributed by atoms with Crippen LogP contribution in [0, 0.1) is 12.8 Å². The van der Waals surface area contributed by atoms with Crippen LogP contribution >= 0.6 is 0 Å². The highest BCUT2D eigenvalue weighted by Gasteiger charge is 2.10. The molecule has 0 aromatic heterocycles. The molecule has 0 saturated heterocycles. The molecule has 0 saturated carbocycles. The zero-order chi connectivity index (χ0) is 12.8. The van der Waals surface area contributed by atoms with E-state index in [1.807, 2.05) is 13.0 Å². The van der Waals surface area contributed by atoms with Crippen molar-refractivity contribution in [2.75, 3.05) is 6.61 Å². The van der Waals surface area contributed by atoms with Gasteiger partial charge in [0.1, 0.15) is 5.75 Å². The molecule has 2 nitrogen and oxygen atoms in total. The fourth-order valence-corrected chi connectivity index (χ4v) is 1.89. The third-order valence-electron chi connectivity index (χ3n) is 3.29. The van der Waals surface area contributed by atoms with Crippen LogP contribution < -0.4 is 10.5 Å². The number of nitrogens with two attached hydrogens (primary N) is 1. The first-order chi connectivity index (χ1) is 8.08. The van der Waals surface area contributed by atoms with Gasteiger partial charge in [-0.3, -0.25) is 0 Å². The molecule has 1 aromatic carbocycles. The van der Waals surface area contributed by atoms with Gasteiger partial charge in [-0.05, 0) is 25.8 Å². The number of hydrogen-bond donors (Lipinski definition) is 1. The van der Waals surface area contributed by atoms with Crippen molar-refractivity contribution < 1.29 is 4.74 Å². The Balaban J connectivity index is 2.76. The van der Waals surface area contributed by atoms with E-state index in [0.29, 0.717) is 5.92 Å². The molecule has 0 radical (unpaired) electrons. The zero-order valence-corrected chi connectivity index (χ0v) is 11.5. The van der Waals surface area contributed by atoms with Gasteiger partial charge in [0.25, 0.3) is 0 Å². The Hall–Kier alpha value is -1.02. The summed E-state index contributed by atoms with van der Waals surface area (Å²) in [5.41, 5.74) is 8.31. The molecule has 0 aliphatic carbocycles. The predicted octanol–water partition coefficient (Wildman–Crippen LogP) is 3.83. The van der Waals surface area contributed by atoms with Gasteiger partial charge in [-0.25, -0.2) is 0 Å². The van der Waals surface area contributed by atoms with Gasteiger partial charge >= 0.3 is 0 Å². The van der Waals surface area contributed by atoms with Crippen molar-refractivity contribution in [1.82, 2.24) is 0 Å². The average Bonchev–Trinajstić information content (AvgIpc) is 2.31. The van der Waals surface area contributed by atoms with Crippen LogP contribution in [0.5, 0.6) is 5.75 Å². The summed E-state index contributed by atoms with van der Waals surface area (Å²) in [6.07, 6.45) is 2.33. The molecule has 96 valence electrons. The van der Waals surface area contributed by atoms with Crippen LogP contribution in [0.3, 0.4) is 0 Å². The smallest absolute Gasteiger partial charge is 0.124 e. The van der Waals surface area contributed by atoms with Gasteiger partial charge in [0.15, 0.2) is 0 Å². The summed E-state index contributed by atoms with van der Waals surface area (Å²) in [6, 6.07) is 6.25. The van der Waals surface area contributed by atoms with Crippen molar-refractivity contribution >= 4 is 0 Å². The summed E-state index contributed by atoms with van der Waals surface area (Å²) in [7, 11) is 0. The summed E-state index contributed by atoms with van der Waals surface area (Å²) < 4.78 is 5.92. The molecule has 1 aromatic rings. The molecule has 0 heterocycles. The van der Waals surface area contributed by atoms with Crippen LogP contribution in [0.15, 0.2) is 18.2 Å². The van der Waals surface area contributed by atoms with Crippen LogP contribution in [-0.2, 0) is 0 Å². The molecule has 1 rings (SSSR count). The van der Waals surface area contributed by atoms with E-state index in [-0.39, 0.29) is 6.04 Å². The second-order valence-corrected chi connectivity index (χ2v) is 4.82. The lowest BCUT2D eigenvalue weighted by Gasteiger charge is -2.18. The van der Waals surface area contributed by atoms with Gasteiger partial charge in [-0.2, -0.15) is 0 Å². The molecule has 0 aliphatic rings. The first-order valence-electron chi connectivity index (χ1n) is 6.57. The van der Waals surface area contributed by atoms with Gasteiger partial charge in [-0.15, -0.1) is 0 Å². The second kappa shape index (κ2) is 6.65. The topological polar surface area (TPSA) is 35.2 Å². The Kier molecular flexibility index (Phi) is 5.49. The quantitative estimate of drug-likeness (QED) is 0.813. The summed E-state index contributed by atoms with van der Waals surface area (Å²) >= 11 is 0. The third kappa shape index (κ3) is 4.04. The highest BCUT2D eigenvalue weighted by molar-refractivity contribution is 5.38. The minimum absolute atomic E-state index is 0.0200. The molecule has 0 fully saturated rings. The number of benzene rings is 1. The zero-order valence-electron chi connectivity index (χ0n) is 11.5. The largest absolute Gasteiger partial charge is 0.493 e. The van der Waals surface area contributed by atoms with Crippen LogP contribution in [0.1, 0.15) is 50.8 Å². The van der Waals surface area contributed by atoms with Crippen molar-refractivity contribution in [3.05, 3.63) is 29.3 Å². The number of ether oxygens (including phenoxy) is 1. The molecular weight excluding hydrogens is 210 g/mol. The number of hydrogen-bond acceptors (Lipinski definition) is 2. The van der Waals surface area contributed by atoms with Crippen LogP contribution in [0.4, 0.5) is 0 Å². The summed E-state index contributed by atoms with van der Waals surface area (Å²) in [6.45, 7) is 9.28. The van der Waals surface area contributed by atoms with Gasteiger partial charge in [0.2, 0.25) is 0 Å². The maximum atomic E-state index is 5.97. The lowest BCUT2D eigenvalue weighted by molar-refractivity contribution is 0.238. The number of rotatable bonds is 6. The van der Waals surface area contributed by atoms with E-state index < -0.39 is 0 Å². The normalized spacial score (nSPS) is 12.8. The Bertz CT molecular complexity index is 343. The van der Waals surface area contributed by atoms with Gasteiger partial charge in [0, 0.05) is 11.6 Å². The highest BCUT2D eigenvalue weighted by Crippen LogP contribution is 2.26. The van der Waals surface area contributed by atoms with Crippen molar-refractivity contribution in [2.24, 2.45) is 11.7 Å². The van der Waals surface area contributed by atoms with E-state index in [4.69, 9.17) is 10.5 Å². The van der Waals surface area contributed by atoms with Crippen molar-refractivity contribution in [3.8, 4) is 5.75 Å². The molecule has 17 heavy (non-hydrogen) atoms. The van der Waals surface area contributed by atoms with Gasteiger partial charge in [0.05, 0.1) is 6.61 Å². The van der Waals surface area contributed by atoms with Crippen molar-refractivity contribution in [1.29, 1.82) is 0 Å². The number of aryl methyl sites for hydroxylation is 1. The molecular formula is C15H25NO. The van der Waals surface area contributed by atoms with E-state index in [2.05, 4.69) is 32.9 Å². The van der Waals surface area contributed by atoms with Gasteiger partial charge < -0.3 is 10.5 Å². The van der Waals surface area contributed by atoms with Gasteiger partial charge in [-0.1, -0.05) is 44.4 Å². The van der Waals surface area contributed by atoms with Crippen LogP contribution in [-0.4, -0.2) is 6.61 Å². The van der Waals surface area contributed by atoms with Crippen LogP contribution in [0.2, 0.25) is 0 Å². The summed E-state index contributed by atoms with van der Waals surface area (Å²) in [5, 5.41) is 0. The molecule has 0 bridgehead atoms. The minimum atomic E-state index is 0.0200. The second-order valence-electron chi connectivity index (χ2n) is 4.82. The molecule has 1 atom stereocenters. The Labute approximate surface area is 105 Å². The average molecular weight is 235 g/mol. The van der Waals surface area contributed by atoms with E-state index >= 15 is 0 Å². The van der Waals surface area contributed by atoms with E-state index in [1.165, 1.54) is 5.56 Å².